The number of imide groups is 1. The number of carbonyl (C=O) groups is 3. The summed E-state index contributed by atoms with van der Waals surface area (Å²) in [7, 11) is 1.18. The van der Waals surface area contributed by atoms with Crippen LogP contribution in [-0.4, -0.2) is 39.9 Å². The van der Waals surface area contributed by atoms with E-state index >= 15 is 0 Å². The molecule has 1 fully saturated rings. The number of nitro benzene ring substituents is 1. The molecule has 11 nitrogen and oxygen atoms in total. The Kier molecular flexibility index (Phi) is 4.81. The lowest BCUT2D eigenvalue weighted by atomic mass is 10.1. The minimum absolute atomic E-state index is 0.0542. The fraction of sp³-hybridized carbons (Fsp3) is 0.118. The topological polar surface area (TPSA) is 152 Å². The maximum absolute atomic E-state index is 12.5. The van der Waals surface area contributed by atoms with Crippen LogP contribution in [0.25, 0.3) is 6.08 Å². The first kappa shape index (κ1) is 18.6. The molecule has 3 rings (SSSR count). The van der Waals surface area contributed by atoms with Crippen molar-refractivity contribution in [1.29, 1.82) is 0 Å². The van der Waals surface area contributed by atoms with E-state index in [1.54, 1.807) is 0 Å². The highest BCUT2D eigenvalue weighted by Crippen LogP contribution is 2.27. The molecular formula is C17H13N3O8. The normalized spacial score (nSPS) is 15.0. The molecule has 1 saturated heterocycles. The molecule has 0 aliphatic carbocycles. The molecule has 0 spiro atoms. The van der Waals surface area contributed by atoms with Gasteiger partial charge in [0.15, 0.2) is 0 Å². The fourth-order valence-electron chi connectivity index (χ4n) is 2.52. The van der Waals surface area contributed by atoms with Gasteiger partial charge in [0.25, 0.3) is 11.6 Å². The van der Waals surface area contributed by atoms with E-state index in [0.717, 1.165) is 29.2 Å². The van der Waals surface area contributed by atoms with Crippen molar-refractivity contribution in [2.24, 2.45) is 0 Å². The van der Waals surface area contributed by atoms with E-state index in [1.165, 1.54) is 19.2 Å². The van der Waals surface area contributed by atoms with Crippen molar-refractivity contribution >= 4 is 29.7 Å². The smallest absolute Gasteiger partial charge is 0.373 e. The number of phenolic OH excluding ortho intramolecular Hbond substituents is 1. The minimum atomic E-state index is -0.768. The van der Waals surface area contributed by atoms with Gasteiger partial charge in [-0.05, 0) is 30.3 Å². The summed E-state index contributed by atoms with van der Waals surface area (Å²) in [5.74, 6) is -1.62. The first-order valence-electron chi connectivity index (χ1n) is 7.79. The number of nitro groups is 1. The van der Waals surface area contributed by atoms with Gasteiger partial charge in [0.05, 0.1) is 24.1 Å². The lowest BCUT2D eigenvalue weighted by molar-refractivity contribution is -0.385. The van der Waals surface area contributed by atoms with Crippen molar-refractivity contribution in [3.63, 3.8) is 0 Å². The first-order chi connectivity index (χ1) is 13.3. The number of urea groups is 1. The summed E-state index contributed by atoms with van der Waals surface area (Å²) in [6.45, 7) is -0.263. The average Bonchev–Trinajstić information content (AvgIpc) is 3.21. The number of methoxy groups -OCH3 is 1. The van der Waals surface area contributed by atoms with Gasteiger partial charge in [-0.15, -0.1) is 0 Å². The molecular weight excluding hydrogens is 374 g/mol. The summed E-state index contributed by atoms with van der Waals surface area (Å²) in [4.78, 5) is 47.2. The van der Waals surface area contributed by atoms with Gasteiger partial charge in [-0.1, -0.05) is 0 Å². The third kappa shape index (κ3) is 3.53. The van der Waals surface area contributed by atoms with Gasteiger partial charge < -0.3 is 19.6 Å². The Morgan fingerprint density at radius 1 is 1.36 bits per heavy atom. The highest BCUT2D eigenvalue weighted by Gasteiger charge is 2.35. The molecule has 2 N–H and O–H groups in total. The third-order valence-corrected chi connectivity index (χ3v) is 3.83. The number of hydrogen-bond acceptors (Lipinski definition) is 8. The van der Waals surface area contributed by atoms with Crippen LogP contribution in [0.1, 0.15) is 21.9 Å². The lowest BCUT2D eigenvalue weighted by Gasteiger charge is -2.09. The van der Waals surface area contributed by atoms with E-state index in [1.807, 2.05) is 0 Å². The van der Waals surface area contributed by atoms with Crippen molar-refractivity contribution < 1.29 is 33.6 Å². The summed E-state index contributed by atoms with van der Waals surface area (Å²) >= 11 is 0. The third-order valence-electron chi connectivity index (χ3n) is 3.83. The van der Waals surface area contributed by atoms with E-state index < -0.39 is 22.8 Å². The van der Waals surface area contributed by atoms with Crippen molar-refractivity contribution in [2.75, 3.05) is 7.11 Å². The van der Waals surface area contributed by atoms with Crippen molar-refractivity contribution in [2.45, 2.75) is 6.54 Å². The molecule has 2 heterocycles. The Labute approximate surface area is 156 Å². The Morgan fingerprint density at radius 3 is 2.79 bits per heavy atom. The van der Waals surface area contributed by atoms with Gasteiger partial charge >= 0.3 is 12.0 Å². The van der Waals surface area contributed by atoms with Crippen LogP contribution in [0.2, 0.25) is 0 Å². The Balaban J connectivity index is 1.85. The quantitative estimate of drug-likeness (QED) is 0.259. The number of aromatic hydroxyl groups is 1. The Bertz CT molecular complexity index is 1020. The van der Waals surface area contributed by atoms with Crippen molar-refractivity contribution in [1.82, 2.24) is 10.2 Å². The monoisotopic (exact) mass is 387 g/mol. The van der Waals surface area contributed by atoms with Crippen LogP contribution in [0.5, 0.6) is 5.75 Å². The molecule has 2 aromatic rings. The van der Waals surface area contributed by atoms with E-state index in [4.69, 9.17) is 4.42 Å². The van der Waals surface area contributed by atoms with Crippen LogP contribution in [0.4, 0.5) is 10.5 Å². The zero-order chi connectivity index (χ0) is 20.4. The number of furan rings is 1. The molecule has 0 radical (unpaired) electrons. The van der Waals surface area contributed by atoms with Crippen LogP contribution in [0.15, 0.2) is 40.4 Å². The van der Waals surface area contributed by atoms with Crippen LogP contribution in [0, 0.1) is 10.1 Å². The highest BCUT2D eigenvalue weighted by molar-refractivity contribution is 6.14. The summed E-state index contributed by atoms with van der Waals surface area (Å²) in [5, 5.41) is 23.0. The van der Waals surface area contributed by atoms with Gasteiger partial charge in [0.2, 0.25) is 5.76 Å². The van der Waals surface area contributed by atoms with E-state index in [9.17, 15) is 29.6 Å². The summed E-state index contributed by atoms with van der Waals surface area (Å²) in [6.07, 6.45) is 1.10. The molecule has 0 unspecified atom stereocenters. The van der Waals surface area contributed by atoms with Gasteiger partial charge in [0, 0.05) is 6.07 Å². The second-order valence-electron chi connectivity index (χ2n) is 5.64. The standard InChI is InChI=1S/C17H13N3O8/c1-27-16(23)14-5-3-11(28-14)8-19-15(22)12(18-17(19)24)7-9-6-10(21)2-4-13(9)20(25)26/h2-7,21H,8H2,1H3,(H,18,24). The summed E-state index contributed by atoms with van der Waals surface area (Å²) < 4.78 is 9.73. The number of esters is 1. The van der Waals surface area contributed by atoms with Crippen molar-refractivity contribution in [3.05, 3.63) is 63.2 Å². The van der Waals surface area contributed by atoms with Gasteiger partial charge in [-0.2, -0.15) is 0 Å². The maximum Gasteiger partial charge on any atom is 0.373 e. The average molecular weight is 387 g/mol. The van der Waals surface area contributed by atoms with E-state index in [0.29, 0.717) is 0 Å². The zero-order valence-electron chi connectivity index (χ0n) is 14.4. The van der Waals surface area contributed by atoms with Gasteiger partial charge in [-0.25, -0.2) is 9.59 Å². The largest absolute Gasteiger partial charge is 0.508 e. The first-order valence-corrected chi connectivity index (χ1v) is 7.79. The number of phenols is 1. The molecule has 0 atom stereocenters. The number of carbonyl (C=O) groups excluding carboxylic acids is 3. The molecule has 0 saturated carbocycles. The van der Waals surface area contributed by atoms with Gasteiger partial charge in [0.1, 0.15) is 17.2 Å². The molecule has 1 aliphatic heterocycles. The Hall–Kier alpha value is -4.15. The summed E-state index contributed by atoms with van der Waals surface area (Å²) in [5.41, 5.74) is -0.612. The van der Waals surface area contributed by atoms with Crippen LogP contribution < -0.4 is 5.32 Å². The van der Waals surface area contributed by atoms with E-state index in [-0.39, 0.29) is 40.8 Å². The SMILES string of the molecule is COC(=O)c1ccc(CN2C(=O)NC(=Cc3cc(O)ccc3[N+](=O)[O-])C2=O)o1. The van der Waals surface area contributed by atoms with Crippen LogP contribution >= 0.6 is 0 Å². The second kappa shape index (κ2) is 7.23. The maximum atomic E-state index is 12.5. The predicted molar refractivity (Wildman–Crippen MR) is 91.9 cm³/mol. The molecule has 1 aromatic carbocycles. The minimum Gasteiger partial charge on any atom is -0.508 e. The molecule has 11 heteroatoms. The predicted octanol–water partition coefficient (Wildman–Crippen LogP) is 1.77. The molecule has 1 aromatic heterocycles. The molecule has 28 heavy (non-hydrogen) atoms. The van der Waals surface area contributed by atoms with Crippen LogP contribution in [-0.2, 0) is 16.1 Å². The highest BCUT2D eigenvalue weighted by atomic mass is 16.6. The molecule has 0 bridgehead atoms. The number of nitrogens with one attached hydrogen (secondary N) is 1. The number of benzene rings is 1. The zero-order valence-corrected chi connectivity index (χ0v) is 14.4. The van der Waals surface area contributed by atoms with E-state index in [2.05, 4.69) is 10.1 Å². The number of ether oxygens (including phenoxy) is 1. The number of amides is 3. The number of hydrogen-bond donors (Lipinski definition) is 2. The fourth-order valence-corrected chi connectivity index (χ4v) is 2.52. The lowest BCUT2D eigenvalue weighted by Crippen LogP contribution is -2.30. The number of nitrogens with zero attached hydrogens (tertiary/aromatic N) is 2. The Morgan fingerprint density at radius 2 is 2.11 bits per heavy atom. The van der Waals surface area contributed by atoms with Crippen molar-refractivity contribution in [3.8, 4) is 5.75 Å². The summed E-state index contributed by atoms with van der Waals surface area (Å²) in [6, 6.07) is 5.30. The molecule has 144 valence electrons. The molecule has 3 amide bonds. The van der Waals surface area contributed by atoms with Crippen LogP contribution in [0.3, 0.4) is 0 Å². The second-order valence-corrected chi connectivity index (χ2v) is 5.64. The van der Waals surface area contributed by atoms with Gasteiger partial charge in [-0.3, -0.25) is 19.8 Å². The molecule has 1 aliphatic rings. The number of rotatable bonds is 5.